The maximum Gasteiger partial charge on any atom is 0.251 e. The van der Waals surface area contributed by atoms with Gasteiger partial charge in [0.1, 0.15) is 5.82 Å². The summed E-state index contributed by atoms with van der Waals surface area (Å²) in [6.07, 6.45) is 0. The highest BCUT2D eigenvalue weighted by Gasteiger charge is 2.16. The van der Waals surface area contributed by atoms with Crippen LogP contribution in [0.4, 0.5) is 10.1 Å². The first-order valence-electron chi connectivity index (χ1n) is 8.51. The molecule has 0 saturated heterocycles. The number of benzene rings is 2. The smallest absolute Gasteiger partial charge is 0.251 e. The van der Waals surface area contributed by atoms with Crippen LogP contribution in [0, 0.1) is 11.7 Å². The van der Waals surface area contributed by atoms with Crippen molar-refractivity contribution in [3.05, 3.63) is 65.5 Å². The molecule has 0 radical (unpaired) electrons. The molecule has 0 saturated carbocycles. The SMILES string of the molecule is CNC(=O)c1ccc(NC(=O)CN[C@H](c2ccc(F)cc2)C(C)C)cc1. The zero-order chi connectivity index (χ0) is 19.1. The Morgan fingerprint density at radius 3 is 2.15 bits per heavy atom. The second-order valence-corrected chi connectivity index (χ2v) is 6.36. The fraction of sp³-hybridized carbons (Fsp3) is 0.300. The predicted molar refractivity (Wildman–Crippen MR) is 100 cm³/mol. The van der Waals surface area contributed by atoms with E-state index in [1.54, 1.807) is 43.4 Å². The first kappa shape index (κ1) is 19.6. The largest absolute Gasteiger partial charge is 0.355 e. The number of carbonyl (C=O) groups excluding carboxylic acids is 2. The van der Waals surface area contributed by atoms with Gasteiger partial charge in [-0.3, -0.25) is 9.59 Å². The van der Waals surface area contributed by atoms with Crippen molar-refractivity contribution in [3.8, 4) is 0 Å². The molecule has 26 heavy (non-hydrogen) atoms. The molecule has 6 heteroatoms. The maximum atomic E-state index is 13.1. The van der Waals surface area contributed by atoms with Gasteiger partial charge >= 0.3 is 0 Å². The van der Waals surface area contributed by atoms with Gasteiger partial charge in [-0.05, 0) is 47.9 Å². The second-order valence-electron chi connectivity index (χ2n) is 6.36. The molecular formula is C20H24FN3O2. The summed E-state index contributed by atoms with van der Waals surface area (Å²) in [5.41, 5.74) is 2.08. The van der Waals surface area contributed by atoms with Crippen LogP contribution in [0.1, 0.15) is 35.8 Å². The summed E-state index contributed by atoms with van der Waals surface area (Å²) in [4.78, 5) is 23.7. The summed E-state index contributed by atoms with van der Waals surface area (Å²) in [5, 5.41) is 8.55. The van der Waals surface area contributed by atoms with E-state index in [9.17, 15) is 14.0 Å². The van der Waals surface area contributed by atoms with Gasteiger partial charge in [0.25, 0.3) is 5.91 Å². The summed E-state index contributed by atoms with van der Waals surface area (Å²) in [6, 6.07) is 12.9. The van der Waals surface area contributed by atoms with Gasteiger partial charge in [-0.1, -0.05) is 26.0 Å². The van der Waals surface area contributed by atoms with Crippen LogP contribution < -0.4 is 16.0 Å². The van der Waals surface area contributed by atoms with E-state index in [-0.39, 0.29) is 36.1 Å². The van der Waals surface area contributed by atoms with Crippen molar-refractivity contribution in [1.29, 1.82) is 0 Å². The number of halogens is 1. The number of anilines is 1. The number of carbonyl (C=O) groups is 2. The zero-order valence-electron chi connectivity index (χ0n) is 15.2. The van der Waals surface area contributed by atoms with Gasteiger partial charge in [0, 0.05) is 24.3 Å². The molecule has 3 N–H and O–H groups in total. The third-order valence-electron chi connectivity index (χ3n) is 4.04. The van der Waals surface area contributed by atoms with E-state index >= 15 is 0 Å². The third kappa shape index (κ3) is 5.39. The summed E-state index contributed by atoms with van der Waals surface area (Å²) in [7, 11) is 1.57. The quantitative estimate of drug-likeness (QED) is 0.713. The third-order valence-corrected chi connectivity index (χ3v) is 4.04. The molecule has 0 unspecified atom stereocenters. The first-order valence-corrected chi connectivity index (χ1v) is 8.51. The van der Waals surface area contributed by atoms with Crippen LogP contribution in [-0.4, -0.2) is 25.4 Å². The number of hydrogen-bond acceptors (Lipinski definition) is 3. The molecule has 138 valence electrons. The Kier molecular flexibility index (Phi) is 6.86. The van der Waals surface area contributed by atoms with Crippen molar-refractivity contribution in [2.24, 2.45) is 5.92 Å². The number of amides is 2. The standard InChI is InChI=1S/C20H24FN3O2/c1-13(2)19(14-4-8-16(21)9-5-14)23-12-18(25)24-17-10-6-15(7-11-17)20(26)22-3/h4-11,13,19,23H,12H2,1-3H3,(H,22,26)(H,24,25)/t19-/m0/s1. The van der Waals surface area contributed by atoms with Crippen LogP contribution in [0.15, 0.2) is 48.5 Å². The average Bonchev–Trinajstić information content (AvgIpc) is 2.63. The molecule has 2 aromatic rings. The Balaban J connectivity index is 1.93. The fourth-order valence-electron chi connectivity index (χ4n) is 2.67. The van der Waals surface area contributed by atoms with E-state index < -0.39 is 0 Å². The summed E-state index contributed by atoms with van der Waals surface area (Å²) >= 11 is 0. The Labute approximate surface area is 153 Å². The lowest BCUT2D eigenvalue weighted by Crippen LogP contribution is -2.33. The van der Waals surface area contributed by atoms with Gasteiger partial charge in [0.2, 0.25) is 5.91 Å². The van der Waals surface area contributed by atoms with Crippen molar-refractivity contribution < 1.29 is 14.0 Å². The molecule has 2 aromatic carbocycles. The monoisotopic (exact) mass is 357 g/mol. The number of rotatable bonds is 7. The predicted octanol–water partition coefficient (Wildman–Crippen LogP) is 3.11. The molecule has 2 amide bonds. The van der Waals surface area contributed by atoms with E-state index in [0.717, 1.165) is 5.56 Å². The van der Waals surface area contributed by atoms with Crippen molar-refractivity contribution >= 4 is 17.5 Å². The Hall–Kier alpha value is -2.73. The molecule has 5 nitrogen and oxygen atoms in total. The van der Waals surface area contributed by atoms with Gasteiger partial charge in [0.15, 0.2) is 0 Å². The van der Waals surface area contributed by atoms with Crippen LogP contribution in [-0.2, 0) is 4.79 Å². The first-order chi connectivity index (χ1) is 12.4. The van der Waals surface area contributed by atoms with E-state index in [1.165, 1.54) is 12.1 Å². The van der Waals surface area contributed by atoms with E-state index in [4.69, 9.17) is 0 Å². The minimum absolute atomic E-state index is 0.0584. The van der Waals surface area contributed by atoms with E-state index in [1.807, 2.05) is 13.8 Å². The van der Waals surface area contributed by atoms with Gasteiger partial charge in [-0.25, -0.2) is 4.39 Å². The lowest BCUT2D eigenvalue weighted by molar-refractivity contribution is -0.115. The minimum atomic E-state index is -0.283. The van der Waals surface area contributed by atoms with Crippen molar-refractivity contribution in [3.63, 3.8) is 0 Å². The van der Waals surface area contributed by atoms with Crippen molar-refractivity contribution in [2.45, 2.75) is 19.9 Å². The Morgan fingerprint density at radius 1 is 1.00 bits per heavy atom. The van der Waals surface area contributed by atoms with Crippen LogP contribution >= 0.6 is 0 Å². The maximum absolute atomic E-state index is 13.1. The Morgan fingerprint density at radius 2 is 1.62 bits per heavy atom. The fourth-order valence-corrected chi connectivity index (χ4v) is 2.67. The highest BCUT2D eigenvalue weighted by molar-refractivity contribution is 5.96. The summed E-state index contributed by atoms with van der Waals surface area (Å²) < 4.78 is 13.1. The van der Waals surface area contributed by atoms with Gasteiger partial charge in [-0.15, -0.1) is 0 Å². The normalized spacial score (nSPS) is 11.9. The van der Waals surface area contributed by atoms with E-state index in [0.29, 0.717) is 11.3 Å². The summed E-state index contributed by atoms with van der Waals surface area (Å²) in [5.74, 6) is -0.414. The van der Waals surface area contributed by atoms with Gasteiger partial charge in [-0.2, -0.15) is 0 Å². The van der Waals surface area contributed by atoms with Gasteiger partial charge < -0.3 is 16.0 Å². The summed E-state index contributed by atoms with van der Waals surface area (Å²) in [6.45, 7) is 4.20. The lowest BCUT2D eigenvalue weighted by atomic mass is 9.96. The molecule has 1 atom stereocenters. The number of hydrogen-bond donors (Lipinski definition) is 3. The van der Waals surface area contributed by atoms with Crippen LogP contribution in [0.2, 0.25) is 0 Å². The molecule has 0 aromatic heterocycles. The minimum Gasteiger partial charge on any atom is -0.355 e. The average molecular weight is 357 g/mol. The molecule has 0 fully saturated rings. The van der Waals surface area contributed by atoms with Gasteiger partial charge in [0.05, 0.1) is 6.54 Å². The van der Waals surface area contributed by atoms with Crippen molar-refractivity contribution in [1.82, 2.24) is 10.6 Å². The molecule has 0 aliphatic heterocycles. The highest BCUT2D eigenvalue weighted by atomic mass is 19.1. The van der Waals surface area contributed by atoms with Crippen LogP contribution in [0.3, 0.4) is 0 Å². The van der Waals surface area contributed by atoms with Crippen molar-refractivity contribution in [2.75, 3.05) is 18.9 Å². The zero-order valence-corrected chi connectivity index (χ0v) is 15.2. The molecule has 0 aliphatic rings. The lowest BCUT2D eigenvalue weighted by Gasteiger charge is -2.22. The number of nitrogens with one attached hydrogen (secondary N) is 3. The highest BCUT2D eigenvalue weighted by Crippen LogP contribution is 2.21. The molecule has 0 bridgehead atoms. The topological polar surface area (TPSA) is 70.2 Å². The molecule has 0 heterocycles. The molecule has 2 rings (SSSR count). The molecular weight excluding hydrogens is 333 g/mol. The molecule has 0 spiro atoms. The molecule has 0 aliphatic carbocycles. The van der Waals surface area contributed by atoms with Crippen LogP contribution in [0.25, 0.3) is 0 Å². The Bertz CT molecular complexity index is 743. The second kappa shape index (κ2) is 9.10. The van der Waals surface area contributed by atoms with E-state index in [2.05, 4.69) is 16.0 Å². The van der Waals surface area contributed by atoms with Crippen LogP contribution in [0.5, 0.6) is 0 Å².